The number of fused-ring (bicyclic) bond motifs is 1. The van der Waals surface area contributed by atoms with Gasteiger partial charge in [-0.1, -0.05) is 78.8 Å². The van der Waals surface area contributed by atoms with Crippen LogP contribution in [0.5, 0.6) is 0 Å². The van der Waals surface area contributed by atoms with E-state index in [1.54, 1.807) is 6.08 Å². The molecule has 0 amide bonds. The van der Waals surface area contributed by atoms with Crippen LogP contribution in [0.3, 0.4) is 0 Å². The molecule has 0 unspecified atom stereocenters. The van der Waals surface area contributed by atoms with E-state index < -0.39 is 14.4 Å². The van der Waals surface area contributed by atoms with Crippen LogP contribution in [0.1, 0.15) is 87.5 Å². The minimum absolute atomic E-state index is 0.0497. The summed E-state index contributed by atoms with van der Waals surface area (Å²) in [6.45, 7) is 21.1. The number of rotatable bonds is 13. The Hall–Kier alpha value is -1.99. The summed E-state index contributed by atoms with van der Waals surface area (Å²) >= 11 is 0. The van der Waals surface area contributed by atoms with Crippen molar-refractivity contribution >= 4 is 26.0 Å². The molecule has 0 aliphatic heterocycles. The van der Waals surface area contributed by atoms with Gasteiger partial charge in [0.05, 0.1) is 25.6 Å². The number of allylic oxidation sites excluding steroid dienone is 6. The van der Waals surface area contributed by atoms with Gasteiger partial charge < -0.3 is 13.9 Å². The number of carbonyl (C=O) groups is 3. The highest BCUT2D eigenvalue weighted by atomic mass is 28.4. The smallest absolute Gasteiger partial charge is 0.308 e. The van der Waals surface area contributed by atoms with Crippen molar-refractivity contribution in [2.75, 3.05) is 7.11 Å². The molecule has 0 spiro atoms. The molecule has 0 radical (unpaired) electrons. The number of methoxy groups -OCH3 is 1. The van der Waals surface area contributed by atoms with Gasteiger partial charge in [0.2, 0.25) is 0 Å². The van der Waals surface area contributed by atoms with Crippen molar-refractivity contribution in [1.29, 1.82) is 0 Å². The summed E-state index contributed by atoms with van der Waals surface area (Å²) < 4.78 is 17.7. The normalized spacial score (nSPS) is 28.1. The maximum Gasteiger partial charge on any atom is 0.308 e. The minimum atomic E-state index is -2.22. The number of esters is 2. The average Bonchev–Trinajstić information content (AvgIpc) is 2.89. The molecule has 42 heavy (non-hydrogen) atoms. The Morgan fingerprint density at radius 2 is 1.69 bits per heavy atom. The zero-order valence-electron chi connectivity index (χ0n) is 28.1. The lowest BCUT2D eigenvalue weighted by Crippen LogP contribution is -2.46. The summed E-state index contributed by atoms with van der Waals surface area (Å²) in [5.41, 5.74) is 0. The molecule has 2 aliphatic carbocycles. The number of ether oxygens (including phenoxy) is 2. The molecule has 8 atom stereocenters. The number of carbonyl (C=O) groups excluding carboxylic acids is 3. The zero-order valence-corrected chi connectivity index (χ0v) is 29.1. The first-order chi connectivity index (χ1) is 19.5. The van der Waals surface area contributed by atoms with Crippen LogP contribution in [-0.4, -0.2) is 45.4 Å². The van der Waals surface area contributed by atoms with Gasteiger partial charge >= 0.3 is 11.9 Å². The largest absolute Gasteiger partial charge is 0.469 e. The third-order valence-corrected chi connectivity index (χ3v) is 14.4. The molecule has 7 heteroatoms. The second-order valence-electron chi connectivity index (χ2n) is 14.4. The second-order valence-corrected chi connectivity index (χ2v) is 19.1. The molecule has 0 saturated heterocycles. The van der Waals surface area contributed by atoms with Gasteiger partial charge in [-0.05, 0) is 80.0 Å². The molecule has 1 fully saturated rings. The number of hydrogen-bond acceptors (Lipinski definition) is 6. The van der Waals surface area contributed by atoms with Crippen molar-refractivity contribution < 1.29 is 28.3 Å². The van der Waals surface area contributed by atoms with E-state index in [0.717, 1.165) is 19.3 Å². The topological polar surface area (TPSA) is 78.9 Å². The molecule has 0 N–H and O–H groups in total. The fourth-order valence-electron chi connectivity index (χ4n) is 6.17. The third kappa shape index (κ3) is 9.77. The van der Waals surface area contributed by atoms with Crippen LogP contribution in [0.15, 0.2) is 36.5 Å². The summed E-state index contributed by atoms with van der Waals surface area (Å²) in [5, 5.41) is -0.0539. The van der Waals surface area contributed by atoms with E-state index in [2.05, 4.69) is 78.1 Å². The maximum absolute atomic E-state index is 13.4. The molecule has 0 bridgehead atoms. The van der Waals surface area contributed by atoms with Gasteiger partial charge in [0.15, 0.2) is 14.1 Å². The molecule has 0 heterocycles. The molecule has 2 rings (SSSR count). The Balaban J connectivity index is 2.37. The summed E-state index contributed by atoms with van der Waals surface area (Å²) in [6.07, 6.45) is 14.7. The van der Waals surface area contributed by atoms with Crippen LogP contribution in [0, 0.1) is 41.4 Å². The van der Waals surface area contributed by atoms with Crippen molar-refractivity contribution in [2.24, 2.45) is 41.4 Å². The van der Waals surface area contributed by atoms with E-state index in [0.29, 0.717) is 11.8 Å². The monoisotopic (exact) mass is 602 g/mol. The second kappa shape index (κ2) is 15.6. The van der Waals surface area contributed by atoms with Crippen LogP contribution in [0.2, 0.25) is 18.1 Å². The van der Waals surface area contributed by atoms with Crippen molar-refractivity contribution in [3.8, 4) is 0 Å². The predicted octanol–water partition coefficient (Wildman–Crippen LogP) is 8.09. The van der Waals surface area contributed by atoms with Crippen molar-refractivity contribution in [3.05, 3.63) is 36.5 Å². The molecule has 6 nitrogen and oxygen atoms in total. The molecule has 1 saturated carbocycles. The fraction of sp³-hybridized carbons (Fsp3) is 0.743. The van der Waals surface area contributed by atoms with E-state index in [1.807, 2.05) is 20.8 Å². The Labute approximate surface area is 256 Å². The molecule has 0 aromatic heterocycles. The number of ketones is 1. The van der Waals surface area contributed by atoms with Gasteiger partial charge in [-0.15, -0.1) is 0 Å². The molecular weight excluding hydrogens is 544 g/mol. The summed E-state index contributed by atoms with van der Waals surface area (Å²) in [7, 11) is -0.854. The van der Waals surface area contributed by atoms with Gasteiger partial charge in [0.25, 0.3) is 0 Å². The Kier molecular flexibility index (Phi) is 13.5. The fourth-order valence-corrected chi connectivity index (χ4v) is 7.52. The Bertz CT molecular complexity index is 1000. The maximum atomic E-state index is 13.4. The first-order valence-corrected chi connectivity index (χ1v) is 18.9. The number of hydrogen-bond donors (Lipinski definition) is 0. The summed E-state index contributed by atoms with van der Waals surface area (Å²) in [5.74, 6) is 0.659. The summed E-state index contributed by atoms with van der Waals surface area (Å²) in [6, 6.07) is 0. The predicted molar refractivity (Wildman–Crippen MR) is 172 cm³/mol. The highest BCUT2D eigenvalue weighted by Crippen LogP contribution is 2.49. The SMILES string of the molecule is C/C=C\[C@@H]1C[C@H](OC(=O)[C@@H](C)CC)[C@@H]2[C@@H](/C=C/C(=O)C[C@H](CC(=O)OC)O[Si](C)(C)C(C)(C)C)[C@@H](C(C)C)C=C[C@H]2C1. The van der Waals surface area contributed by atoms with Crippen LogP contribution in [-0.2, 0) is 28.3 Å². The van der Waals surface area contributed by atoms with E-state index in [1.165, 1.54) is 7.11 Å². The molecule has 238 valence electrons. The van der Waals surface area contributed by atoms with E-state index >= 15 is 0 Å². The summed E-state index contributed by atoms with van der Waals surface area (Å²) in [4.78, 5) is 38.7. The van der Waals surface area contributed by atoms with Gasteiger partial charge in [0.1, 0.15) is 6.10 Å². The van der Waals surface area contributed by atoms with E-state index in [-0.39, 0.29) is 71.3 Å². The molecule has 2 aliphatic rings. The lowest BCUT2D eigenvalue weighted by molar-refractivity contribution is -0.162. The van der Waals surface area contributed by atoms with Gasteiger partial charge in [-0.2, -0.15) is 0 Å². The van der Waals surface area contributed by atoms with Gasteiger partial charge in [-0.25, -0.2) is 0 Å². The molecule has 0 aromatic carbocycles. The lowest BCUT2D eigenvalue weighted by Gasteiger charge is -2.48. The average molecular weight is 603 g/mol. The zero-order chi connectivity index (χ0) is 31.8. The van der Waals surface area contributed by atoms with Crippen LogP contribution >= 0.6 is 0 Å². The quantitative estimate of drug-likeness (QED) is 0.0917. The van der Waals surface area contributed by atoms with Crippen molar-refractivity contribution in [1.82, 2.24) is 0 Å². The first kappa shape index (κ1) is 36.2. The Morgan fingerprint density at radius 1 is 1.02 bits per heavy atom. The highest BCUT2D eigenvalue weighted by molar-refractivity contribution is 6.74. The third-order valence-electron chi connectivity index (χ3n) is 9.84. The standard InChI is InChI=1S/C35H58O6Si/c1-12-14-25-19-26-15-17-29(23(3)4)30(33(26)31(20-25)40-34(38)24(5)13-2)18-16-27(36)21-28(22-32(37)39-9)41-42(10,11)35(6,7)8/h12,14-18,23-26,28-31,33H,13,19-22H2,1-11H3/b14-12-,18-16+/t24-,25-,26-,28+,29+,30-,31-,33-/m0/s1. The van der Waals surface area contributed by atoms with Crippen molar-refractivity contribution in [2.45, 2.75) is 118 Å². The van der Waals surface area contributed by atoms with E-state index in [9.17, 15) is 14.4 Å². The molecule has 0 aromatic rings. The first-order valence-electron chi connectivity index (χ1n) is 16.0. The minimum Gasteiger partial charge on any atom is -0.469 e. The molecular formula is C35H58O6Si. The van der Waals surface area contributed by atoms with Gasteiger partial charge in [-0.3, -0.25) is 14.4 Å². The van der Waals surface area contributed by atoms with Crippen LogP contribution in [0.4, 0.5) is 0 Å². The van der Waals surface area contributed by atoms with E-state index in [4.69, 9.17) is 13.9 Å². The van der Waals surface area contributed by atoms with Crippen molar-refractivity contribution in [3.63, 3.8) is 0 Å². The lowest BCUT2D eigenvalue weighted by atomic mass is 9.59. The van der Waals surface area contributed by atoms with Crippen LogP contribution in [0.25, 0.3) is 0 Å². The van der Waals surface area contributed by atoms with Crippen LogP contribution < -0.4 is 0 Å². The Morgan fingerprint density at radius 3 is 2.24 bits per heavy atom. The van der Waals surface area contributed by atoms with Gasteiger partial charge in [0, 0.05) is 12.3 Å². The highest BCUT2D eigenvalue weighted by Gasteiger charge is 2.46.